The predicted octanol–water partition coefficient (Wildman–Crippen LogP) is 1.87. The molecule has 1 heterocycles. The highest BCUT2D eigenvalue weighted by molar-refractivity contribution is 6.30. The van der Waals surface area contributed by atoms with Gasteiger partial charge < -0.3 is 10.2 Å². The summed E-state index contributed by atoms with van der Waals surface area (Å²) < 4.78 is 0. The number of nitrogens with zero attached hydrogens (tertiary/aromatic N) is 1. The summed E-state index contributed by atoms with van der Waals surface area (Å²) in [5.74, 6) is 0.336. The van der Waals surface area contributed by atoms with E-state index in [2.05, 4.69) is 17.9 Å². The van der Waals surface area contributed by atoms with E-state index in [0.717, 1.165) is 11.6 Å². The maximum Gasteiger partial charge on any atom is 0.0683 e. The second kappa shape index (κ2) is 6.02. The molecule has 0 radical (unpaired) electrons. The molecule has 0 aromatic heterocycles. The number of halogens is 1. The van der Waals surface area contributed by atoms with Gasteiger partial charge in [-0.2, -0.15) is 0 Å². The zero-order valence-electron chi connectivity index (χ0n) is 10.6. The van der Waals surface area contributed by atoms with Gasteiger partial charge in [0.1, 0.15) is 0 Å². The molecular weight excluding hydrogens is 250 g/mol. The SMILES string of the molecule is C[C@@H](CN1C[C@@H](O)C[C@H]1CO)c1cccc(Cl)c1. The number of hydrogen-bond donors (Lipinski definition) is 2. The van der Waals surface area contributed by atoms with Gasteiger partial charge in [-0.3, -0.25) is 4.90 Å². The number of likely N-dealkylation sites (tertiary alicyclic amines) is 1. The maximum absolute atomic E-state index is 9.65. The van der Waals surface area contributed by atoms with Crippen LogP contribution in [0.2, 0.25) is 5.02 Å². The molecule has 0 unspecified atom stereocenters. The molecule has 1 aromatic rings. The second-order valence-corrected chi connectivity index (χ2v) is 5.57. The average molecular weight is 270 g/mol. The minimum Gasteiger partial charge on any atom is -0.395 e. The van der Waals surface area contributed by atoms with Gasteiger partial charge in [-0.1, -0.05) is 30.7 Å². The molecule has 2 rings (SSSR count). The Bertz CT molecular complexity index is 399. The van der Waals surface area contributed by atoms with Crippen molar-refractivity contribution in [2.24, 2.45) is 0 Å². The van der Waals surface area contributed by atoms with E-state index in [1.54, 1.807) is 0 Å². The van der Waals surface area contributed by atoms with Crippen LogP contribution in [0, 0.1) is 0 Å². The highest BCUT2D eigenvalue weighted by Crippen LogP contribution is 2.24. The number of aliphatic hydroxyl groups is 2. The molecule has 0 saturated carbocycles. The first-order chi connectivity index (χ1) is 8.60. The summed E-state index contributed by atoms with van der Waals surface area (Å²) in [6, 6.07) is 7.95. The third-order valence-corrected chi connectivity index (χ3v) is 3.88. The molecule has 3 nitrogen and oxygen atoms in total. The zero-order valence-corrected chi connectivity index (χ0v) is 11.3. The van der Waals surface area contributed by atoms with Crippen LogP contribution < -0.4 is 0 Å². The smallest absolute Gasteiger partial charge is 0.0683 e. The third-order valence-electron chi connectivity index (χ3n) is 3.64. The van der Waals surface area contributed by atoms with E-state index in [-0.39, 0.29) is 18.8 Å². The third kappa shape index (κ3) is 3.23. The van der Waals surface area contributed by atoms with Gasteiger partial charge in [0.15, 0.2) is 0 Å². The summed E-state index contributed by atoms with van der Waals surface area (Å²) in [6.07, 6.45) is 0.354. The molecule has 1 fully saturated rings. The Balaban J connectivity index is 2.00. The lowest BCUT2D eigenvalue weighted by molar-refractivity contribution is 0.150. The van der Waals surface area contributed by atoms with Gasteiger partial charge in [0, 0.05) is 24.2 Å². The molecule has 0 aliphatic carbocycles. The summed E-state index contributed by atoms with van der Waals surface area (Å²) in [7, 11) is 0. The van der Waals surface area contributed by atoms with E-state index in [1.165, 1.54) is 5.56 Å². The molecule has 0 spiro atoms. The van der Waals surface area contributed by atoms with Crippen molar-refractivity contribution in [3.05, 3.63) is 34.9 Å². The summed E-state index contributed by atoms with van der Waals surface area (Å²) in [5, 5.41) is 19.7. The van der Waals surface area contributed by atoms with Crippen molar-refractivity contribution < 1.29 is 10.2 Å². The van der Waals surface area contributed by atoms with Gasteiger partial charge in [-0.15, -0.1) is 0 Å². The number of rotatable bonds is 4. The molecule has 100 valence electrons. The van der Waals surface area contributed by atoms with Crippen LogP contribution in [0.4, 0.5) is 0 Å². The fourth-order valence-electron chi connectivity index (χ4n) is 2.64. The van der Waals surface area contributed by atoms with Crippen molar-refractivity contribution in [1.82, 2.24) is 4.90 Å². The largest absolute Gasteiger partial charge is 0.395 e. The number of β-amino-alcohol motifs (C(OH)–C–C–N with tert-alkyl or cyclic N) is 1. The van der Waals surface area contributed by atoms with E-state index in [9.17, 15) is 10.2 Å². The van der Waals surface area contributed by atoms with Crippen LogP contribution >= 0.6 is 11.6 Å². The average Bonchev–Trinajstić information content (AvgIpc) is 2.69. The lowest BCUT2D eigenvalue weighted by Crippen LogP contribution is -2.35. The number of hydrogen-bond acceptors (Lipinski definition) is 3. The topological polar surface area (TPSA) is 43.7 Å². The molecular formula is C14H20ClNO2. The molecule has 1 aromatic carbocycles. The lowest BCUT2D eigenvalue weighted by atomic mass is 10.0. The summed E-state index contributed by atoms with van der Waals surface area (Å²) in [6.45, 7) is 3.74. The van der Waals surface area contributed by atoms with Crippen molar-refractivity contribution in [1.29, 1.82) is 0 Å². The Morgan fingerprint density at radius 3 is 2.94 bits per heavy atom. The van der Waals surface area contributed by atoms with E-state index >= 15 is 0 Å². The van der Waals surface area contributed by atoms with Crippen molar-refractivity contribution >= 4 is 11.6 Å². The van der Waals surface area contributed by atoms with E-state index < -0.39 is 0 Å². The lowest BCUT2D eigenvalue weighted by Gasteiger charge is -2.26. The van der Waals surface area contributed by atoms with E-state index in [4.69, 9.17) is 11.6 Å². The van der Waals surface area contributed by atoms with Crippen LogP contribution in [-0.2, 0) is 0 Å². The van der Waals surface area contributed by atoms with Crippen LogP contribution in [0.25, 0.3) is 0 Å². The minimum absolute atomic E-state index is 0.0848. The Kier molecular flexibility index (Phi) is 4.62. The number of aliphatic hydroxyl groups excluding tert-OH is 2. The minimum atomic E-state index is -0.311. The molecule has 18 heavy (non-hydrogen) atoms. The fourth-order valence-corrected chi connectivity index (χ4v) is 2.84. The van der Waals surface area contributed by atoms with E-state index in [0.29, 0.717) is 18.9 Å². The Morgan fingerprint density at radius 2 is 2.28 bits per heavy atom. The van der Waals surface area contributed by atoms with Crippen LogP contribution in [0.3, 0.4) is 0 Å². The molecule has 4 heteroatoms. The summed E-state index contributed by atoms with van der Waals surface area (Å²) in [4.78, 5) is 2.16. The van der Waals surface area contributed by atoms with Crippen LogP contribution in [-0.4, -0.2) is 47.0 Å². The van der Waals surface area contributed by atoms with Gasteiger partial charge in [0.2, 0.25) is 0 Å². The maximum atomic E-state index is 9.65. The molecule has 0 bridgehead atoms. The second-order valence-electron chi connectivity index (χ2n) is 5.14. The standard InChI is InChI=1S/C14H20ClNO2/c1-10(11-3-2-4-12(15)5-11)7-16-8-14(18)6-13(16)9-17/h2-5,10,13-14,17-18H,6-9H2,1H3/t10-,13-,14-/m0/s1. The van der Waals surface area contributed by atoms with Crippen LogP contribution in [0.5, 0.6) is 0 Å². The Labute approximate surface area is 113 Å². The van der Waals surface area contributed by atoms with Crippen molar-refractivity contribution in [3.63, 3.8) is 0 Å². The highest BCUT2D eigenvalue weighted by atomic mass is 35.5. The highest BCUT2D eigenvalue weighted by Gasteiger charge is 2.31. The molecule has 1 aliphatic rings. The normalized spacial score (nSPS) is 26.4. The van der Waals surface area contributed by atoms with E-state index in [1.807, 2.05) is 18.2 Å². The molecule has 1 saturated heterocycles. The van der Waals surface area contributed by atoms with Gasteiger partial charge in [0.05, 0.1) is 12.7 Å². The van der Waals surface area contributed by atoms with Crippen LogP contribution in [0.1, 0.15) is 24.8 Å². The number of benzene rings is 1. The quantitative estimate of drug-likeness (QED) is 0.877. The Hall–Kier alpha value is -0.610. The molecule has 2 N–H and O–H groups in total. The molecule has 3 atom stereocenters. The molecule has 1 aliphatic heterocycles. The molecule has 0 amide bonds. The summed E-state index contributed by atoms with van der Waals surface area (Å²) in [5.41, 5.74) is 1.19. The van der Waals surface area contributed by atoms with Gasteiger partial charge in [0.25, 0.3) is 0 Å². The van der Waals surface area contributed by atoms with Crippen molar-refractivity contribution in [3.8, 4) is 0 Å². The predicted molar refractivity (Wildman–Crippen MR) is 72.9 cm³/mol. The van der Waals surface area contributed by atoms with Crippen molar-refractivity contribution in [2.45, 2.75) is 31.4 Å². The van der Waals surface area contributed by atoms with Crippen LogP contribution in [0.15, 0.2) is 24.3 Å². The first-order valence-corrected chi connectivity index (χ1v) is 6.76. The summed E-state index contributed by atoms with van der Waals surface area (Å²) >= 11 is 5.99. The van der Waals surface area contributed by atoms with Crippen molar-refractivity contribution in [2.75, 3.05) is 19.7 Å². The first-order valence-electron chi connectivity index (χ1n) is 6.38. The first kappa shape index (κ1) is 13.8. The fraction of sp³-hybridized carbons (Fsp3) is 0.571. The van der Waals surface area contributed by atoms with Gasteiger partial charge in [-0.05, 0) is 30.0 Å². The zero-order chi connectivity index (χ0) is 13.1. The Morgan fingerprint density at radius 1 is 1.50 bits per heavy atom. The monoisotopic (exact) mass is 269 g/mol. The van der Waals surface area contributed by atoms with Gasteiger partial charge >= 0.3 is 0 Å². The van der Waals surface area contributed by atoms with Gasteiger partial charge in [-0.25, -0.2) is 0 Å².